The highest BCUT2D eigenvalue weighted by atomic mass is 16.5. The number of rotatable bonds is 6. The summed E-state index contributed by atoms with van der Waals surface area (Å²) in [6, 6.07) is 5.67. The molecular formula is C19H25N7O2. The van der Waals surface area contributed by atoms with Crippen molar-refractivity contribution in [3.63, 3.8) is 0 Å². The van der Waals surface area contributed by atoms with Gasteiger partial charge in [-0.15, -0.1) is 5.10 Å². The first kappa shape index (κ1) is 18.3. The highest BCUT2D eigenvalue weighted by Gasteiger charge is 2.40. The van der Waals surface area contributed by atoms with Gasteiger partial charge in [0.05, 0.1) is 12.3 Å². The van der Waals surface area contributed by atoms with Crippen LogP contribution in [0.15, 0.2) is 29.2 Å². The molecule has 0 amide bonds. The smallest absolute Gasteiger partial charge is 0.290 e. The quantitative estimate of drug-likeness (QED) is 0.642. The second-order valence-corrected chi connectivity index (χ2v) is 7.45. The van der Waals surface area contributed by atoms with Crippen LogP contribution in [0.3, 0.4) is 0 Å². The zero-order chi connectivity index (χ0) is 20.0. The minimum Gasteiger partial charge on any atom is -0.476 e. The van der Waals surface area contributed by atoms with Crippen molar-refractivity contribution in [1.82, 2.24) is 29.3 Å². The number of aromatic nitrogens is 6. The second kappa shape index (κ2) is 6.81. The van der Waals surface area contributed by atoms with Crippen LogP contribution < -0.4 is 15.2 Å². The normalized spacial score (nSPS) is 18.3. The van der Waals surface area contributed by atoms with Crippen LogP contribution in [0.5, 0.6) is 5.88 Å². The molecule has 9 nitrogen and oxygen atoms in total. The molecule has 3 aromatic rings. The van der Waals surface area contributed by atoms with Gasteiger partial charge in [-0.2, -0.15) is 10.2 Å². The first-order valence-electron chi connectivity index (χ1n) is 9.28. The third-order valence-electron chi connectivity index (χ3n) is 5.31. The van der Waals surface area contributed by atoms with Crippen LogP contribution in [-0.2, 0) is 21.1 Å². The van der Waals surface area contributed by atoms with Crippen molar-refractivity contribution >= 4 is 11.5 Å². The van der Waals surface area contributed by atoms with Gasteiger partial charge >= 0.3 is 0 Å². The molecule has 1 aliphatic rings. The summed E-state index contributed by atoms with van der Waals surface area (Å²) in [7, 11) is 7.25. The number of hydrogen-bond donors (Lipinski definition) is 0. The molecule has 0 bridgehead atoms. The maximum atomic E-state index is 12.6. The van der Waals surface area contributed by atoms with Crippen LogP contribution in [0.1, 0.15) is 23.7 Å². The Morgan fingerprint density at radius 3 is 2.61 bits per heavy atom. The lowest BCUT2D eigenvalue weighted by Crippen LogP contribution is -2.27. The van der Waals surface area contributed by atoms with Gasteiger partial charge in [0.25, 0.3) is 5.56 Å². The second-order valence-electron chi connectivity index (χ2n) is 7.45. The monoisotopic (exact) mass is 383 g/mol. The van der Waals surface area contributed by atoms with Crippen molar-refractivity contribution in [1.29, 1.82) is 0 Å². The number of aryl methyl sites for hydroxylation is 4. The van der Waals surface area contributed by atoms with Crippen LogP contribution in [0.25, 0.3) is 0 Å². The zero-order valence-corrected chi connectivity index (χ0v) is 16.8. The molecule has 1 aliphatic carbocycles. The van der Waals surface area contributed by atoms with Gasteiger partial charge in [0.2, 0.25) is 5.88 Å². The van der Waals surface area contributed by atoms with E-state index in [2.05, 4.69) is 21.4 Å². The summed E-state index contributed by atoms with van der Waals surface area (Å²) in [6.45, 7) is 2.52. The molecule has 1 fully saturated rings. The highest BCUT2D eigenvalue weighted by Crippen LogP contribution is 2.46. The van der Waals surface area contributed by atoms with Crippen LogP contribution in [0, 0.1) is 12.8 Å². The number of anilines is 2. The van der Waals surface area contributed by atoms with E-state index in [1.54, 1.807) is 22.7 Å². The highest BCUT2D eigenvalue weighted by molar-refractivity contribution is 5.59. The van der Waals surface area contributed by atoms with Crippen LogP contribution in [0.2, 0.25) is 0 Å². The molecule has 3 aromatic heterocycles. The van der Waals surface area contributed by atoms with Gasteiger partial charge in [0, 0.05) is 64.1 Å². The van der Waals surface area contributed by atoms with Crippen molar-refractivity contribution in [2.24, 2.45) is 27.1 Å². The Labute approximate surface area is 163 Å². The molecule has 0 radical (unpaired) electrons. The molecule has 4 rings (SSSR count). The van der Waals surface area contributed by atoms with Gasteiger partial charge in [-0.3, -0.25) is 14.2 Å². The first-order chi connectivity index (χ1) is 13.3. The van der Waals surface area contributed by atoms with Crippen LogP contribution >= 0.6 is 0 Å². The van der Waals surface area contributed by atoms with Gasteiger partial charge in [-0.1, -0.05) is 0 Å². The van der Waals surface area contributed by atoms with E-state index >= 15 is 0 Å². The fourth-order valence-corrected chi connectivity index (χ4v) is 3.32. The topological polar surface area (TPSA) is 83.0 Å². The van der Waals surface area contributed by atoms with E-state index < -0.39 is 0 Å². The summed E-state index contributed by atoms with van der Waals surface area (Å²) in [5.41, 5.74) is 2.40. The summed E-state index contributed by atoms with van der Waals surface area (Å²) in [6.07, 6.45) is 3.02. The van der Waals surface area contributed by atoms with Gasteiger partial charge < -0.3 is 9.64 Å². The molecule has 0 spiro atoms. The van der Waals surface area contributed by atoms with Crippen molar-refractivity contribution < 1.29 is 4.74 Å². The van der Waals surface area contributed by atoms with Crippen molar-refractivity contribution in [3.05, 3.63) is 46.1 Å². The van der Waals surface area contributed by atoms with E-state index in [0.717, 1.165) is 17.8 Å². The van der Waals surface area contributed by atoms with E-state index in [-0.39, 0.29) is 5.56 Å². The Balaban J connectivity index is 1.49. The predicted octanol–water partition coefficient (Wildman–Crippen LogP) is 1.51. The van der Waals surface area contributed by atoms with Crippen molar-refractivity contribution in [3.8, 4) is 5.88 Å². The summed E-state index contributed by atoms with van der Waals surface area (Å²) < 4.78 is 10.8. The molecule has 2 atom stereocenters. The Bertz CT molecular complexity index is 1050. The van der Waals surface area contributed by atoms with Crippen molar-refractivity contribution in [2.45, 2.75) is 19.3 Å². The molecule has 148 valence electrons. The summed E-state index contributed by atoms with van der Waals surface area (Å²) in [5.74, 6) is 2.00. The zero-order valence-electron chi connectivity index (χ0n) is 16.8. The molecule has 0 saturated heterocycles. The Morgan fingerprint density at radius 2 is 1.96 bits per heavy atom. The van der Waals surface area contributed by atoms with E-state index in [0.29, 0.717) is 35.8 Å². The Hall–Kier alpha value is -3.10. The SMILES string of the molecule is Cc1cc(N(C)c2cc(OC[C@H]3C[C@@H]3c3ccn(C)n3)nn(C)c2=O)nn1C. The van der Waals surface area contributed by atoms with Crippen LogP contribution in [0.4, 0.5) is 11.5 Å². The van der Waals surface area contributed by atoms with Gasteiger partial charge in [0.15, 0.2) is 5.82 Å². The predicted molar refractivity (Wildman–Crippen MR) is 105 cm³/mol. The molecule has 9 heteroatoms. The third kappa shape index (κ3) is 3.39. The lowest BCUT2D eigenvalue weighted by atomic mass is 10.2. The van der Waals surface area contributed by atoms with Gasteiger partial charge in [0.1, 0.15) is 5.69 Å². The number of nitrogens with zero attached hydrogens (tertiary/aromatic N) is 7. The van der Waals surface area contributed by atoms with Crippen molar-refractivity contribution in [2.75, 3.05) is 18.6 Å². The maximum absolute atomic E-state index is 12.6. The molecule has 1 saturated carbocycles. The molecule has 0 N–H and O–H groups in total. The number of ether oxygens (including phenoxy) is 1. The first-order valence-corrected chi connectivity index (χ1v) is 9.28. The number of hydrogen-bond acceptors (Lipinski definition) is 6. The van der Waals surface area contributed by atoms with Gasteiger partial charge in [-0.05, 0) is 19.4 Å². The average Bonchev–Trinajstić information content (AvgIpc) is 3.18. The largest absolute Gasteiger partial charge is 0.476 e. The van der Waals surface area contributed by atoms with Gasteiger partial charge in [-0.25, -0.2) is 4.68 Å². The molecule has 3 heterocycles. The van der Waals surface area contributed by atoms with E-state index in [1.165, 1.54) is 4.68 Å². The molecule has 0 aliphatic heterocycles. The standard InChI is InChI=1S/C19H25N7O2/c1-12-8-17(21-25(12)4)24(3)16-10-18(22-26(5)19(16)27)28-11-13-9-14(13)15-6-7-23(2)20-15/h6-8,10,13-14H,9,11H2,1-5H3/t13-,14+/m1/s1. The average molecular weight is 383 g/mol. The molecule has 28 heavy (non-hydrogen) atoms. The minimum atomic E-state index is -0.198. The third-order valence-corrected chi connectivity index (χ3v) is 5.31. The van der Waals surface area contributed by atoms with E-state index in [1.807, 2.05) is 45.0 Å². The minimum absolute atomic E-state index is 0.198. The summed E-state index contributed by atoms with van der Waals surface area (Å²) >= 11 is 0. The Kier molecular flexibility index (Phi) is 4.44. The lowest BCUT2D eigenvalue weighted by molar-refractivity contribution is 0.278. The fraction of sp³-hybridized carbons (Fsp3) is 0.474. The molecule has 0 aromatic carbocycles. The van der Waals surface area contributed by atoms with Crippen LogP contribution in [-0.4, -0.2) is 43.0 Å². The summed E-state index contributed by atoms with van der Waals surface area (Å²) in [5, 5.41) is 13.2. The van der Waals surface area contributed by atoms with E-state index in [9.17, 15) is 4.79 Å². The Morgan fingerprint density at radius 1 is 1.18 bits per heavy atom. The lowest BCUT2D eigenvalue weighted by Gasteiger charge is -2.17. The van der Waals surface area contributed by atoms with E-state index in [4.69, 9.17) is 4.74 Å². The summed E-state index contributed by atoms with van der Waals surface area (Å²) in [4.78, 5) is 14.3. The molecular weight excluding hydrogens is 358 g/mol. The fourth-order valence-electron chi connectivity index (χ4n) is 3.32. The maximum Gasteiger partial charge on any atom is 0.290 e. The molecule has 0 unspecified atom stereocenters.